The average molecular weight is 331 g/mol. The summed E-state index contributed by atoms with van der Waals surface area (Å²) in [7, 11) is -1.24. The second-order valence-corrected chi connectivity index (χ2v) is 7.85. The lowest BCUT2D eigenvalue weighted by atomic mass is 9.89. The van der Waals surface area contributed by atoms with E-state index in [1.54, 1.807) is 12.1 Å². The van der Waals surface area contributed by atoms with E-state index in [1.807, 2.05) is 25.2 Å². The summed E-state index contributed by atoms with van der Waals surface area (Å²) in [5.41, 5.74) is 4.72. The number of hydrogen-bond acceptors (Lipinski definition) is 4. The van der Waals surface area contributed by atoms with Gasteiger partial charge in [-0.25, -0.2) is 8.42 Å². The van der Waals surface area contributed by atoms with Crippen LogP contribution in [-0.2, 0) is 21.0 Å². The van der Waals surface area contributed by atoms with Crippen molar-refractivity contribution in [1.29, 1.82) is 0 Å². The molecular formula is C18H21NO3S. The number of ether oxygens (including phenoxy) is 1. The van der Waals surface area contributed by atoms with Crippen molar-refractivity contribution in [3.63, 3.8) is 0 Å². The molecule has 1 heterocycles. The quantitative estimate of drug-likeness (QED) is 0.936. The monoisotopic (exact) mass is 331 g/mol. The highest BCUT2D eigenvalue weighted by Gasteiger charge is 2.22. The molecule has 1 N–H and O–H groups in total. The topological polar surface area (TPSA) is 55.4 Å². The Hall–Kier alpha value is -1.69. The predicted octanol–water partition coefficient (Wildman–Crippen LogP) is 2.59. The molecule has 1 aliphatic rings. The molecule has 122 valence electrons. The van der Waals surface area contributed by atoms with Crippen molar-refractivity contribution in [2.45, 2.75) is 17.4 Å². The molecule has 0 saturated heterocycles. The van der Waals surface area contributed by atoms with E-state index in [2.05, 4.69) is 17.4 Å². The SMILES string of the molecule is CNCC1OCCc2c(-c3ccc(S(C)(=O)=O)cc3)cccc21. The maximum Gasteiger partial charge on any atom is 0.175 e. The largest absolute Gasteiger partial charge is 0.372 e. The molecule has 1 unspecified atom stereocenters. The Kier molecular flexibility index (Phi) is 4.53. The molecule has 3 rings (SSSR count). The van der Waals surface area contributed by atoms with Crippen molar-refractivity contribution in [3.05, 3.63) is 53.6 Å². The van der Waals surface area contributed by atoms with Gasteiger partial charge >= 0.3 is 0 Å². The third-order valence-electron chi connectivity index (χ3n) is 4.21. The summed E-state index contributed by atoms with van der Waals surface area (Å²) >= 11 is 0. The van der Waals surface area contributed by atoms with E-state index in [0.29, 0.717) is 11.5 Å². The van der Waals surface area contributed by atoms with Crippen molar-refractivity contribution in [2.75, 3.05) is 26.5 Å². The zero-order chi connectivity index (χ0) is 16.4. The van der Waals surface area contributed by atoms with Crippen LogP contribution in [0.5, 0.6) is 0 Å². The molecule has 4 nitrogen and oxygen atoms in total. The van der Waals surface area contributed by atoms with Crippen molar-refractivity contribution in [1.82, 2.24) is 5.32 Å². The Labute approximate surface area is 137 Å². The minimum absolute atomic E-state index is 0.0685. The highest BCUT2D eigenvalue weighted by molar-refractivity contribution is 7.90. The van der Waals surface area contributed by atoms with Gasteiger partial charge in [-0.05, 0) is 47.9 Å². The van der Waals surface area contributed by atoms with Crippen LogP contribution >= 0.6 is 0 Å². The van der Waals surface area contributed by atoms with Crippen LogP contribution in [0, 0.1) is 0 Å². The van der Waals surface area contributed by atoms with Gasteiger partial charge in [0.2, 0.25) is 0 Å². The van der Waals surface area contributed by atoms with E-state index in [4.69, 9.17) is 4.74 Å². The maximum atomic E-state index is 11.6. The third-order valence-corrected chi connectivity index (χ3v) is 5.34. The molecule has 1 aliphatic heterocycles. The van der Waals surface area contributed by atoms with E-state index in [1.165, 1.54) is 17.4 Å². The number of likely N-dealkylation sites (N-methyl/N-ethyl adjacent to an activating group) is 1. The summed E-state index contributed by atoms with van der Waals surface area (Å²) in [5.74, 6) is 0. The van der Waals surface area contributed by atoms with Crippen molar-refractivity contribution >= 4 is 9.84 Å². The first-order valence-corrected chi connectivity index (χ1v) is 9.58. The van der Waals surface area contributed by atoms with Crippen LogP contribution in [0.1, 0.15) is 17.2 Å². The molecule has 0 aliphatic carbocycles. The highest BCUT2D eigenvalue weighted by atomic mass is 32.2. The molecule has 0 aromatic heterocycles. The van der Waals surface area contributed by atoms with Gasteiger partial charge in [-0.2, -0.15) is 0 Å². The second kappa shape index (κ2) is 6.43. The van der Waals surface area contributed by atoms with Crippen LogP contribution in [0.15, 0.2) is 47.4 Å². The van der Waals surface area contributed by atoms with E-state index >= 15 is 0 Å². The molecule has 0 spiro atoms. The molecule has 23 heavy (non-hydrogen) atoms. The molecule has 0 amide bonds. The lowest BCUT2D eigenvalue weighted by Gasteiger charge is -2.28. The average Bonchev–Trinajstić information content (AvgIpc) is 2.54. The molecular weight excluding hydrogens is 310 g/mol. The smallest absolute Gasteiger partial charge is 0.175 e. The van der Waals surface area contributed by atoms with Crippen molar-refractivity contribution < 1.29 is 13.2 Å². The zero-order valence-corrected chi connectivity index (χ0v) is 14.2. The van der Waals surface area contributed by atoms with Gasteiger partial charge in [0.1, 0.15) is 0 Å². The first-order valence-electron chi connectivity index (χ1n) is 7.69. The maximum absolute atomic E-state index is 11.6. The number of sulfone groups is 1. The Morgan fingerprint density at radius 2 is 1.91 bits per heavy atom. The summed E-state index contributed by atoms with van der Waals surface area (Å²) in [5, 5.41) is 3.17. The minimum Gasteiger partial charge on any atom is -0.372 e. The Morgan fingerprint density at radius 3 is 2.57 bits per heavy atom. The normalized spacial score (nSPS) is 17.7. The molecule has 2 aromatic rings. The van der Waals surface area contributed by atoms with Crippen molar-refractivity contribution in [3.8, 4) is 11.1 Å². The fourth-order valence-electron chi connectivity index (χ4n) is 3.08. The lowest BCUT2D eigenvalue weighted by molar-refractivity contribution is 0.0440. The first kappa shape index (κ1) is 16.2. The van der Waals surface area contributed by atoms with Crippen LogP contribution in [0.4, 0.5) is 0 Å². The Morgan fingerprint density at radius 1 is 1.17 bits per heavy atom. The summed E-state index contributed by atoms with van der Waals surface area (Å²) in [4.78, 5) is 0.349. The molecule has 0 fully saturated rings. The number of nitrogens with one attached hydrogen (secondary N) is 1. The zero-order valence-electron chi connectivity index (χ0n) is 13.4. The Bertz CT molecular complexity index is 798. The van der Waals surface area contributed by atoms with Gasteiger partial charge in [0.05, 0.1) is 17.6 Å². The summed E-state index contributed by atoms with van der Waals surface area (Å²) < 4.78 is 29.1. The van der Waals surface area contributed by atoms with Gasteiger partial charge in [-0.1, -0.05) is 30.3 Å². The van der Waals surface area contributed by atoms with Crippen molar-refractivity contribution in [2.24, 2.45) is 0 Å². The summed E-state index contributed by atoms with van der Waals surface area (Å²) in [6, 6.07) is 13.4. The third kappa shape index (κ3) is 3.32. The standard InChI is InChI=1S/C18H21NO3S/c1-19-12-18-17-5-3-4-15(16(17)10-11-22-18)13-6-8-14(9-7-13)23(2,20)21/h3-9,18-19H,10-12H2,1-2H3. The summed E-state index contributed by atoms with van der Waals surface area (Å²) in [6.45, 7) is 1.49. The molecule has 5 heteroatoms. The number of fused-ring (bicyclic) bond motifs is 1. The van der Waals surface area contributed by atoms with E-state index in [0.717, 1.165) is 24.1 Å². The minimum atomic E-state index is -3.16. The fourth-order valence-corrected chi connectivity index (χ4v) is 3.72. The molecule has 0 radical (unpaired) electrons. The second-order valence-electron chi connectivity index (χ2n) is 5.84. The van der Waals surface area contributed by atoms with E-state index in [9.17, 15) is 8.42 Å². The summed E-state index contributed by atoms with van der Waals surface area (Å²) in [6.07, 6.45) is 2.17. The Balaban J connectivity index is 2.03. The first-order chi connectivity index (χ1) is 11.0. The van der Waals surface area contributed by atoms with Gasteiger partial charge in [-0.15, -0.1) is 0 Å². The van der Waals surface area contributed by atoms with Gasteiger partial charge in [0.15, 0.2) is 9.84 Å². The van der Waals surface area contributed by atoms with Gasteiger partial charge in [0, 0.05) is 12.8 Å². The van der Waals surface area contributed by atoms with Crippen LogP contribution in [-0.4, -0.2) is 34.9 Å². The van der Waals surface area contributed by atoms with E-state index in [-0.39, 0.29) is 6.10 Å². The number of rotatable bonds is 4. The molecule has 0 bridgehead atoms. The van der Waals surface area contributed by atoms with Crippen LogP contribution in [0.3, 0.4) is 0 Å². The van der Waals surface area contributed by atoms with E-state index < -0.39 is 9.84 Å². The van der Waals surface area contributed by atoms with Crippen LogP contribution in [0.25, 0.3) is 11.1 Å². The molecule has 1 atom stereocenters. The van der Waals surface area contributed by atoms with Gasteiger partial charge in [-0.3, -0.25) is 0 Å². The molecule has 2 aromatic carbocycles. The molecule has 0 saturated carbocycles. The predicted molar refractivity (Wildman–Crippen MR) is 91.3 cm³/mol. The fraction of sp³-hybridized carbons (Fsp3) is 0.333. The lowest BCUT2D eigenvalue weighted by Crippen LogP contribution is -2.25. The number of benzene rings is 2. The highest BCUT2D eigenvalue weighted by Crippen LogP contribution is 2.34. The van der Waals surface area contributed by atoms with Gasteiger partial charge < -0.3 is 10.1 Å². The van der Waals surface area contributed by atoms with Gasteiger partial charge in [0.25, 0.3) is 0 Å². The van der Waals surface area contributed by atoms with Crippen LogP contribution in [0.2, 0.25) is 0 Å². The van der Waals surface area contributed by atoms with Crippen LogP contribution < -0.4 is 5.32 Å². The number of hydrogen-bond donors (Lipinski definition) is 1.